The van der Waals surface area contributed by atoms with Gasteiger partial charge < -0.3 is 10.6 Å². The van der Waals surface area contributed by atoms with Crippen molar-refractivity contribution in [1.82, 2.24) is 9.97 Å². The third-order valence-electron chi connectivity index (χ3n) is 2.58. The maximum Gasteiger partial charge on any atom is 0.224 e. The summed E-state index contributed by atoms with van der Waals surface area (Å²) in [5.41, 5.74) is 1.60. The smallest absolute Gasteiger partial charge is 0.224 e. The number of nitrogens with zero attached hydrogens (tertiary/aromatic N) is 2. The lowest BCUT2D eigenvalue weighted by atomic mass is 10.3. The minimum absolute atomic E-state index is 0.591. The third kappa shape index (κ3) is 3.99. The maximum atomic E-state index is 6.13. The molecular formula is C14H16Cl2N4. The molecule has 2 rings (SSSR count). The van der Waals surface area contributed by atoms with Gasteiger partial charge in [-0.05, 0) is 31.5 Å². The van der Waals surface area contributed by atoms with Crippen LogP contribution in [0.5, 0.6) is 0 Å². The van der Waals surface area contributed by atoms with Gasteiger partial charge in [0.1, 0.15) is 5.82 Å². The van der Waals surface area contributed by atoms with Crippen molar-refractivity contribution in [2.24, 2.45) is 0 Å². The van der Waals surface area contributed by atoms with E-state index in [4.69, 9.17) is 23.2 Å². The van der Waals surface area contributed by atoms with Crippen LogP contribution in [0.2, 0.25) is 10.0 Å². The zero-order valence-corrected chi connectivity index (χ0v) is 12.9. The number of benzene rings is 1. The summed E-state index contributed by atoms with van der Waals surface area (Å²) in [6.45, 7) is 4.85. The molecule has 0 saturated carbocycles. The lowest BCUT2D eigenvalue weighted by Gasteiger charge is -2.11. The molecule has 0 fully saturated rings. The summed E-state index contributed by atoms with van der Waals surface area (Å²) in [6.07, 6.45) is 1.01. The normalized spacial score (nSPS) is 10.4. The van der Waals surface area contributed by atoms with Gasteiger partial charge in [-0.3, -0.25) is 0 Å². The molecule has 2 aromatic rings. The van der Waals surface area contributed by atoms with E-state index in [1.54, 1.807) is 18.2 Å². The van der Waals surface area contributed by atoms with E-state index in [1.807, 2.05) is 13.0 Å². The SMILES string of the molecule is CCCNc1nc(C)cc(Nc2cc(Cl)ccc2Cl)n1. The van der Waals surface area contributed by atoms with E-state index >= 15 is 0 Å². The number of halogens is 2. The van der Waals surface area contributed by atoms with Gasteiger partial charge in [0, 0.05) is 23.3 Å². The molecule has 0 atom stereocenters. The van der Waals surface area contributed by atoms with Crippen molar-refractivity contribution in [2.75, 3.05) is 17.2 Å². The van der Waals surface area contributed by atoms with Crippen molar-refractivity contribution < 1.29 is 0 Å². The molecule has 0 saturated heterocycles. The average molecular weight is 311 g/mol. The molecule has 106 valence electrons. The summed E-state index contributed by atoms with van der Waals surface area (Å²) in [5.74, 6) is 1.28. The third-order valence-corrected chi connectivity index (χ3v) is 3.14. The molecule has 4 nitrogen and oxygen atoms in total. The van der Waals surface area contributed by atoms with Crippen molar-refractivity contribution in [3.05, 3.63) is 40.0 Å². The Morgan fingerprint density at radius 1 is 1.15 bits per heavy atom. The van der Waals surface area contributed by atoms with Crippen LogP contribution >= 0.6 is 23.2 Å². The fraction of sp³-hybridized carbons (Fsp3) is 0.286. The Labute approximate surface area is 128 Å². The molecule has 1 aromatic carbocycles. The van der Waals surface area contributed by atoms with Crippen LogP contribution < -0.4 is 10.6 Å². The molecule has 0 bridgehead atoms. The highest BCUT2D eigenvalue weighted by Crippen LogP contribution is 2.28. The molecule has 0 unspecified atom stereocenters. The summed E-state index contributed by atoms with van der Waals surface area (Å²) in [5, 5.41) is 7.54. The summed E-state index contributed by atoms with van der Waals surface area (Å²) in [4.78, 5) is 8.73. The first kappa shape index (κ1) is 14.9. The molecule has 0 aliphatic carbocycles. The molecule has 0 aliphatic rings. The Morgan fingerprint density at radius 2 is 1.95 bits per heavy atom. The van der Waals surface area contributed by atoms with Gasteiger partial charge in [0.15, 0.2) is 0 Å². The molecule has 0 radical (unpaired) electrons. The largest absolute Gasteiger partial charge is 0.354 e. The minimum atomic E-state index is 0.591. The Hall–Kier alpha value is -1.52. The zero-order chi connectivity index (χ0) is 14.5. The van der Waals surface area contributed by atoms with Crippen molar-refractivity contribution in [3.8, 4) is 0 Å². The summed E-state index contributed by atoms with van der Waals surface area (Å²) in [6, 6.07) is 7.11. The van der Waals surface area contributed by atoms with E-state index in [-0.39, 0.29) is 0 Å². The average Bonchev–Trinajstić information content (AvgIpc) is 2.40. The highest BCUT2D eigenvalue weighted by Gasteiger charge is 2.05. The second kappa shape index (κ2) is 6.77. The van der Waals surface area contributed by atoms with Gasteiger partial charge >= 0.3 is 0 Å². The molecule has 20 heavy (non-hydrogen) atoms. The van der Waals surface area contributed by atoms with E-state index in [2.05, 4.69) is 27.5 Å². The van der Waals surface area contributed by atoms with Crippen molar-refractivity contribution in [2.45, 2.75) is 20.3 Å². The molecule has 0 amide bonds. The fourth-order valence-corrected chi connectivity index (χ4v) is 2.02. The van der Waals surface area contributed by atoms with Gasteiger partial charge in [-0.1, -0.05) is 30.1 Å². The maximum absolute atomic E-state index is 6.13. The fourth-order valence-electron chi connectivity index (χ4n) is 1.68. The number of aryl methyl sites for hydroxylation is 1. The molecule has 2 N–H and O–H groups in total. The van der Waals surface area contributed by atoms with E-state index in [1.165, 1.54) is 0 Å². The lowest BCUT2D eigenvalue weighted by molar-refractivity contribution is 0.947. The molecule has 0 spiro atoms. The van der Waals surface area contributed by atoms with Crippen LogP contribution in [0.25, 0.3) is 0 Å². The Morgan fingerprint density at radius 3 is 2.70 bits per heavy atom. The van der Waals surface area contributed by atoms with Crippen molar-refractivity contribution >= 4 is 40.7 Å². The molecular weight excluding hydrogens is 295 g/mol. The van der Waals surface area contributed by atoms with Crippen LogP contribution in [0.3, 0.4) is 0 Å². The second-order valence-corrected chi connectivity index (χ2v) is 5.24. The van der Waals surface area contributed by atoms with Crippen LogP contribution in [0.15, 0.2) is 24.3 Å². The van der Waals surface area contributed by atoms with Gasteiger partial charge in [-0.15, -0.1) is 0 Å². The quantitative estimate of drug-likeness (QED) is 0.843. The molecule has 0 aliphatic heterocycles. The molecule has 1 aromatic heterocycles. The summed E-state index contributed by atoms with van der Waals surface area (Å²) in [7, 11) is 0. The summed E-state index contributed by atoms with van der Waals surface area (Å²) >= 11 is 12.1. The highest BCUT2D eigenvalue weighted by molar-refractivity contribution is 6.35. The standard InChI is InChI=1S/C14H16Cl2N4/c1-3-6-17-14-18-9(2)7-13(20-14)19-12-8-10(15)4-5-11(12)16/h4-5,7-8H,3,6H2,1-2H3,(H2,17,18,19,20). The number of aromatic nitrogens is 2. The molecule has 1 heterocycles. The monoisotopic (exact) mass is 310 g/mol. The van der Waals surface area contributed by atoms with E-state index in [0.29, 0.717) is 21.8 Å². The first-order chi connectivity index (χ1) is 9.58. The Kier molecular flexibility index (Phi) is 5.04. The van der Waals surface area contributed by atoms with Gasteiger partial charge in [-0.25, -0.2) is 4.98 Å². The van der Waals surface area contributed by atoms with Crippen LogP contribution in [0, 0.1) is 6.92 Å². The van der Waals surface area contributed by atoms with Crippen LogP contribution in [0.1, 0.15) is 19.0 Å². The number of anilines is 3. The number of rotatable bonds is 5. The first-order valence-electron chi connectivity index (χ1n) is 6.40. The topological polar surface area (TPSA) is 49.8 Å². The number of nitrogens with one attached hydrogen (secondary N) is 2. The predicted octanol–water partition coefficient (Wildman–Crippen LogP) is 4.66. The van der Waals surface area contributed by atoms with Crippen molar-refractivity contribution in [3.63, 3.8) is 0 Å². The predicted molar refractivity (Wildman–Crippen MR) is 85.3 cm³/mol. The first-order valence-corrected chi connectivity index (χ1v) is 7.15. The van der Waals surface area contributed by atoms with Crippen LogP contribution in [0.4, 0.5) is 17.5 Å². The van der Waals surface area contributed by atoms with Crippen molar-refractivity contribution in [1.29, 1.82) is 0 Å². The van der Waals surface area contributed by atoms with Crippen LogP contribution in [-0.2, 0) is 0 Å². The van der Waals surface area contributed by atoms with E-state index in [0.717, 1.165) is 24.3 Å². The Balaban J connectivity index is 2.24. The van der Waals surface area contributed by atoms with Gasteiger partial charge in [0.2, 0.25) is 5.95 Å². The Bertz CT molecular complexity index is 602. The number of hydrogen-bond donors (Lipinski definition) is 2. The lowest BCUT2D eigenvalue weighted by Crippen LogP contribution is -2.07. The van der Waals surface area contributed by atoms with Gasteiger partial charge in [0.05, 0.1) is 10.7 Å². The van der Waals surface area contributed by atoms with E-state index < -0.39 is 0 Å². The number of hydrogen-bond acceptors (Lipinski definition) is 4. The second-order valence-electron chi connectivity index (χ2n) is 4.39. The van der Waals surface area contributed by atoms with E-state index in [9.17, 15) is 0 Å². The minimum Gasteiger partial charge on any atom is -0.354 e. The van der Waals surface area contributed by atoms with Crippen LogP contribution in [-0.4, -0.2) is 16.5 Å². The zero-order valence-electron chi connectivity index (χ0n) is 11.4. The van der Waals surface area contributed by atoms with Gasteiger partial charge in [-0.2, -0.15) is 4.98 Å². The highest BCUT2D eigenvalue weighted by atomic mass is 35.5. The van der Waals surface area contributed by atoms with Gasteiger partial charge in [0.25, 0.3) is 0 Å². The summed E-state index contributed by atoms with van der Waals surface area (Å²) < 4.78 is 0. The molecule has 6 heteroatoms.